The molecular formula is C26H34N2O3. The highest BCUT2D eigenvalue weighted by Gasteiger charge is 2.53. The van der Waals surface area contributed by atoms with Crippen molar-refractivity contribution in [1.82, 2.24) is 10.3 Å². The third-order valence-electron chi connectivity index (χ3n) is 8.25. The van der Waals surface area contributed by atoms with Gasteiger partial charge in [0, 0.05) is 29.6 Å². The first kappa shape index (κ1) is 20.6. The lowest BCUT2D eigenvalue weighted by Gasteiger charge is -2.59. The van der Waals surface area contributed by atoms with Gasteiger partial charge in [-0.05, 0) is 93.1 Å². The molecule has 4 fully saturated rings. The molecular weight excluding hydrogens is 388 g/mol. The molecule has 1 aromatic heterocycles. The Labute approximate surface area is 184 Å². The zero-order valence-electron chi connectivity index (χ0n) is 18.5. The van der Waals surface area contributed by atoms with Crippen LogP contribution < -0.4 is 5.32 Å². The molecule has 1 aromatic carbocycles. The number of carbonyl (C=O) groups is 2. The van der Waals surface area contributed by atoms with Crippen LogP contribution in [0.4, 0.5) is 0 Å². The van der Waals surface area contributed by atoms with Crippen LogP contribution in [0.15, 0.2) is 30.5 Å². The van der Waals surface area contributed by atoms with Crippen molar-refractivity contribution >= 4 is 22.8 Å². The molecule has 0 saturated heterocycles. The Balaban J connectivity index is 1.05. The predicted octanol–water partition coefficient (Wildman–Crippen LogP) is 4.75. The van der Waals surface area contributed by atoms with Gasteiger partial charge in [0.15, 0.2) is 6.61 Å². The van der Waals surface area contributed by atoms with E-state index in [0.29, 0.717) is 12.8 Å². The van der Waals surface area contributed by atoms with Gasteiger partial charge in [0.2, 0.25) is 0 Å². The topological polar surface area (TPSA) is 71.2 Å². The number of rotatable bonds is 8. The van der Waals surface area contributed by atoms with Crippen molar-refractivity contribution in [2.75, 3.05) is 6.61 Å². The molecule has 166 valence electrons. The van der Waals surface area contributed by atoms with E-state index in [1.54, 1.807) is 0 Å². The van der Waals surface area contributed by atoms with Crippen LogP contribution in [0, 0.1) is 23.2 Å². The fraction of sp³-hybridized carbons (Fsp3) is 0.615. The minimum atomic E-state index is -0.294. The summed E-state index contributed by atoms with van der Waals surface area (Å²) in [6.07, 6.45) is 11.8. The van der Waals surface area contributed by atoms with E-state index >= 15 is 0 Å². The molecule has 31 heavy (non-hydrogen) atoms. The summed E-state index contributed by atoms with van der Waals surface area (Å²) in [6.45, 7) is 2.00. The SMILES string of the molecule is C[C@H](NC(=O)COC(=O)CCCc1c[nH]c2ccccc12)C12CC3CC(CC(C3)C1)C2. The summed E-state index contributed by atoms with van der Waals surface area (Å²) in [5.41, 5.74) is 2.60. The van der Waals surface area contributed by atoms with E-state index in [-0.39, 0.29) is 29.9 Å². The van der Waals surface area contributed by atoms with E-state index < -0.39 is 0 Å². The fourth-order valence-electron chi connectivity index (χ4n) is 7.12. The van der Waals surface area contributed by atoms with Crippen LogP contribution in [-0.2, 0) is 20.7 Å². The van der Waals surface area contributed by atoms with Crippen molar-refractivity contribution in [3.05, 3.63) is 36.0 Å². The number of para-hydroxylation sites is 1. The molecule has 5 heteroatoms. The highest BCUT2D eigenvalue weighted by Crippen LogP contribution is 2.61. The number of hydrogen-bond acceptors (Lipinski definition) is 3. The normalized spacial score (nSPS) is 29.8. The molecule has 2 N–H and O–H groups in total. The Morgan fingerprint density at radius 1 is 1.13 bits per heavy atom. The number of aryl methyl sites for hydroxylation is 1. The quantitative estimate of drug-likeness (QED) is 0.603. The standard InChI is InChI=1S/C26H34N2O3/c1-17(26-12-18-9-19(13-26)11-20(10-18)14-26)28-24(29)16-31-25(30)8-4-5-21-15-27-23-7-3-2-6-22(21)23/h2-3,6-7,15,17-20,27H,4-5,8-14,16H2,1H3,(H,28,29)/t17-,18?,19?,20?,26?/m0/s1. The Hall–Kier alpha value is -2.30. The van der Waals surface area contributed by atoms with Gasteiger partial charge < -0.3 is 15.0 Å². The Kier molecular flexibility index (Phi) is 5.53. The van der Waals surface area contributed by atoms with Crippen molar-refractivity contribution in [3.63, 3.8) is 0 Å². The monoisotopic (exact) mass is 422 g/mol. The lowest BCUT2D eigenvalue weighted by molar-refractivity contribution is -0.149. The molecule has 2 aromatic rings. The van der Waals surface area contributed by atoms with E-state index in [1.165, 1.54) is 49.5 Å². The molecule has 4 aliphatic carbocycles. The second-order valence-corrected chi connectivity index (χ2v) is 10.4. The highest BCUT2D eigenvalue weighted by molar-refractivity contribution is 5.83. The van der Waals surface area contributed by atoms with E-state index in [9.17, 15) is 9.59 Å². The molecule has 4 aliphatic rings. The Bertz CT molecular complexity index is 927. The van der Waals surface area contributed by atoms with Gasteiger partial charge in [-0.25, -0.2) is 0 Å². The van der Waals surface area contributed by atoms with Crippen molar-refractivity contribution in [1.29, 1.82) is 0 Å². The van der Waals surface area contributed by atoms with Crippen LogP contribution in [0.1, 0.15) is 63.9 Å². The maximum Gasteiger partial charge on any atom is 0.306 e. The number of aromatic amines is 1. The summed E-state index contributed by atoms with van der Waals surface area (Å²) in [5, 5.41) is 4.37. The molecule has 1 heterocycles. The van der Waals surface area contributed by atoms with E-state index in [4.69, 9.17) is 4.74 Å². The maximum absolute atomic E-state index is 12.5. The molecule has 4 bridgehead atoms. The van der Waals surface area contributed by atoms with E-state index in [1.807, 2.05) is 18.3 Å². The number of esters is 1. The van der Waals surface area contributed by atoms with E-state index in [2.05, 4.69) is 29.4 Å². The number of fused-ring (bicyclic) bond motifs is 1. The molecule has 4 saturated carbocycles. The lowest BCUT2D eigenvalue weighted by atomic mass is 9.48. The first-order valence-electron chi connectivity index (χ1n) is 12.0. The van der Waals surface area contributed by atoms with Crippen LogP contribution in [-0.4, -0.2) is 29.5 Å². The average Bonchev–Trinajstić information content (AvgIpc) is 3.14. The van der Waals surface area contributed by atoms with Gasteiger partial charge in [-0.3, -0.25) is 9.59 Å². The minimum absolute atomic E-state index is 0.159. The summed E-state index contributed by atoms with van der Waals surface area (Å²) in [4.78, 5) is 27.9. The largest absolute Gasteiger partial charge is 0.456 e. The zero-order chi connectivity index (χ0) is 21.4. The molecule has 6 rings (SSSR count). The van der Waals surface area contributed by atoms with Crippen LogP contribution >= 0.6 is 0 Å². The van der Waals surface area contributed by atoms with Gasteiger partial charge in [0.25, 0.3) is 5.91 Å². The van der Waals surface area contributed by atoms with Gasteiger partial charge in [0.05, 0.1) is 0 Å². The third-order valence-corrected chi connectivity index (χ3v) is 8.25. The van der Waals surface area contributed by atoms with Gasteiger partial charge in [0.1, 0.15) is 0 Å². The van der Waals surface area contributed by atoms with Gasteiger partial charge in [-0.1, -0.05) is 18.2 Å². The second kappa shape index (κ2) is 8.33. The fourth-order valence-corrected chi connectivity index (χ4v) is 7.12. The Morgan fingerprint density at radius 3 is 2.52 bits per heavy atom. The van der Waals surface area contributed by atoms with E-state index in [0.717, 1.165) is 29.7 Å². The summed E-state index contributed by atoms with van der Waals surface area (Å²) in [6, 6.07) is 8.34. The number of H-pyrrole nitrogens is 1. The number of hydrogen-bond donors (Lipinski definition) is 2. The highest BCUT2D eigenvalue weighted by atomic mass is 16.5. The number of carbonyl (C=O) groups excluding carboxylic acids is 2. The summed E-state index contributed by atoms with van der Waals surface area (Å²) < 4.78 is 5.27. The number of ether oxygens (including phenoxy) is 1. The smallest absolute Gasteiger partial charge is 0.306 e. The molecule has 0 spiro atoms. The first-order chi connectivity index (χ1) is 15.0. The maximum atomic E-state index is 12.5. The third kappa shape index (κ3) is 4.24. The molecule has 0 unspecified atom stereocenters. The number of nitrogens with one attached hydrogen (secondary N) is 2. The van der Waals surface area contributed by atoms with Crippen LogP contribution in [0.3, 0.4) is 0 Å². The molecule has 5 nitrogen and oxygen atoms in total. The average molecular weight is 423 g/mol. The first-order valence-corrected chi connectivity index (χ1v) is 12.0. The summed E-state index contributed by atoms with van der Waals surface area (Å²) in [7, 11) is 0. The van der Waals surface area contributed by atoms with Gasteiger partial charge in [-0.2, -0.15) is 0 Å². The van der Waals surface area contributed by atoms with Gasteiger partial charge >= 0.3 is 5.97 Å². The van der Waals surface area contributed by atoms with Crippen molar-refractivity contribution in [2.24, 2.45) is 23.2 Å². The van der Waals surface area contributed by atoms with Crippen LogP contribution in [0.5, 0.6) is 0 Å². The predicted molar refractivity (Wildman–Crippen MR) is 120 cm³/mol. The van der Waals surface area contributed by atoms with Crippen LogP contribution in [0.2, 0.25) is 0 Å². The minimum Gasteiger partial charge on any atom is -0.456 e. The molecule has 0 radical (unpaired) electrons. The molecule has 1 atom stereocenters. The molecule has 1 amide bonds. The number of amides is 1. The summed E-state index contributed by atoms with van der Waals surface area (Å²) >= 11 is 0. The Morgan fingerprint density at radius 2 is 1.81 bits per heavy atom. The molecule has 0 aliphatic heterocycles. The zero-order valence-corrected chi connectivity index (χ0v) is 18.5. The van der Waals surface area contributed by atoms with Crippen molar-refractivity contribution in [3.8, 4) is 0 Å². The van der Waals surface area contributed by atoms with Gasteiger partial charge in [-0.15, -0.1) is 0 Å². The number of benzene rings is 1. The summed E-state index contributed by atoms with van der Waals surface area (Å²) in [5.74, 6) is 2.13. The lowest BCUT2D eigenvalue weighted by Crippen LogP contribution is -2.56. The van der Waals surface area contributed by atoms with Crippen molar-refractivity contribution < 1.29 is 14.3 Å². The second-order valence-electron chi connectivity index (χ2n) is 10.4. The van der Waals surface area contributed by atoms with Crippen molar-refractivity contribution in [2.45, 2.75) is 70.8 Å². The van der Waals surface area contributed by atoms with Crippen LogP contribution in [0.25, 0.3) is 10.9 Å². The number of aromatic nitrogens is 1.